The van der Waals surface area contributed by atoms with Gasteiger partial charge < -0.3 is 15.9 Å². The summed E-state index contributed by atoms with van der Waals surface area (Å²) in [4.78, 5) is 0.124. The molecule has 6 nitrogen and oxygen atoms in total. The number of benzene rings is 1. The Balaban J connectivity index is 3.03. The molecule has 1 atom stereocenters. The third kappa shape index (κ3) is 3.99. The van der Waals surface area contributed by atoms with Gasteiger partial charge in [0.2, 0.25) is 10.0 Å². The fraction of sp³-hybridized carbons (Fsp3) is 0.500. The van der Waals surface area contributed by atoms with Crippen molar-refractivity contribution < 1.29 is 18.6 Å². The molecule has 7 heteroatoms. The molecule has 1 unspecified atom stereocenters. The van der Waals surface area contributed by atoms with Crippen molar-refractivity contribution in [2.45, 2.75) is 17.9 Å². The average molecular weight is 288 g/mol. The van der Waals surface area contributed by atoms with Gasteiger partial charge in [-0.2, -0.15) is 4.31 Å². The fourth-order valence-corrected chi connectivity index (χ4v) is 3.09. The number of sulfonamides is 1. The first-order valence-corrected chi connectivity index (χ1v) is 7.45. The molecule has 0 saturated carbocycles. The quantitative estimate of drug-likeness (QED) is 0.638. The van der Waals surface area contributed by atoms with Crippen LogP contribution in [0, 0.1) is 0 Å². The highest BCUT2D eigenvalue weighted by molar-refractivity contribution is 7.89. The van der Waals surface area contributed by atoms with Crippen molar-refractivity contribution in [3.8, 4) is 0 Å². The first-order chi connectivity index (χ1) is 8.93. The molecule has 0 aliphatic rings. The van der Waals surface area contributed by atoms with Crippen LogP contribution in [-0.4, -0.2) is 49.2 Å². The molecule has 0 aromatic heterocycles. The molecule has 0 spiro atoms. The normalized spacial score (nSPS) is 13.7. The smallest absolute Gasteiger partial charge is 0.243 e. The predicted molar refractivity (Wildman–Crippen MR) is 72.0 cm³/mol. The van der Waals surface area contributed by atoms with E-state index in [4.69, 9.17) is 15.9 Å². The fourth-order valence-electron chi connectivity index (χ4n) is 1.67. The highest BCUT2D eigenvalue weighted by Crippen LogP contribution is 2.18. The van der Waals surface area contributed by atoms with Crippen LogP contribution < -0.4 is 5.73 Å². The van der Waals surface area contributed by atoms with E-state index in [0.717, 1.165) is 9.87 Å². The SMILES string of the molecule is CC(N)c1ccc(S(=O)(=O)N(CCO)CCO)cc1. The second kappa shape index (κ2) is 6.97. The van der Waals surface area contributed by atoms with Gasteiger partial charge in [-0.15, -0.1) is 0 Å². The minimum Gasteiger partial charge on any atom is -0.395 e. The minimum absolute atomic E-state index is 0.0437. The van der Waals surface area contributed by atoms with E-state index in [-0.39, 0.29) is 37.2 Å². The Morgan fingerprint density at radius 1 is 1.16 bits per heavy atom. The third-order valence-electron chi connectivity index (χ3n) is 2.74. The standard InChI is InChI=1S/C12H20N2O4S/c1-10(13)11-2-4-12(5-3-11)19(17,18)14(6-8-15)7-9-16/h2-5,10,15-16H,6-9,13H2,1H3. The average Bonchev–Trinajstić information content (AvgIpc) is 2.38. The molecule has 4 N–H and O–H groups in total. The van der Waals surface area contributed by atoms with Gasteiger partial charge in [0.15, 0.2) is 0 Å². The van der Waals surface area contributed by atoms with Crippen molar-refractivity contribution in [1.29, 1.82) is 0 Å². The van der Waals surface area contributed by atoms with Crippen molar-refractivity contribution in [3.63, 3.8) is 0 Å². The van der Waals surface area contributed by atoms with Crippen LogP contribution in [0.2, 0.25) is 0 Å². The molecular formula is C12H20N2O4S. The largest absolute Gasteiger partial charge is 0.395 e. The second-order valence-electron chi connectivity index (χ2n) is 4.21. The van der Waals surface area contributed by atoms with Gasteiger partial charge in [0.25, 0.3) is 0 Å². The molecule has 0 bridgehead atoms. The molecule has 0 heterocycles. The van der Waals surface area contributed by atoms with Crippen LogP contribution in [0.15, 0.2) is 29.2 Å². The number of hydrogen-bond acceptors (Lipinski definition) is 5. The van der Waals surface area contributed by atoms with Crippen LogP contribution in [0.3, 0.4) is 0 Å². The van der Waals surface area contributed by atoms with Crippen LogP contribution in [-0.2, 0) is 10.0 Å². The summed E-state index contributed by atoms with van der Waals surface area (Å²) in [7, 11) is -3.70. The molecule has 0 aliphatic heterocycles. The number of hydrogen-bond donors (Lipinski definition) is 3. The Bertz CT molecular complexity index is 479. The topological polar surface area (TPSA) is 104 Å². The summed E-state index contributed by atoms with van der Waals surface area (Å²) in [6.07, 6.45) is 0. The maximum absolute atomic E-state index is 12.3. The molecule has 0 radical (unpaired) electrons. The van der Waals surface area contributed by atoms with E-state index < -0.39 is 10.0 Å². The van der Waals surface area contributed by atoms with Crippen LogP contribution in [0.5, 0.6) is 0 Å². The predicted octanol–water partition coefficient (Wildman–Crippen LogP) is -0.318. The molecule has 0 saturated heterocycles. The summed E-state index contributed by atoms with van der Waals surface area (Å²) in [6.45, 7) is 1.14. The minimum atomic E-state index is -3.70. The number of nitrogens with zero attached hydrogens (tertiary/aromatic N) is 1. The summed E-state index contributed by atoms with van der Waals surface area (Å²) in [5.41, 5.74) is 6.54. The van der Waals surface area contributed by atoms with E-state index in [1.807, 2.05) is 6.92 Å². The summed E-state index contributed by atoms with van der Waals surface area (Å²) in [5.74, 6) is 0. The first-order valence-electron chi connectivity index (χ1n) is 6.01. The Morgan fingerprint density at radius 3 is 2.00 bits per heavy atom. The van der Waals surface area contributed by atoms with Crippen LogP contribution >= 0.6 is 0 Å². The van der Waals surface area contributed by atoms with E-state index in [9.17, 15) is 8.42 Å². The van der Waals surface area contributed by atoms with E-state index in [0.29, 0.717) is 0 Å². The maximum Gasteiger partial charge on any atom is 0.243 e. The van der Waals surface area contributed by atoms with Gasteiger partial charge in [-0.05, 0) is 24.6 Å². The zero-order valence-electron chi connectivity index (χ0n) is 10.9. The first kappa shape index (κ1) is 16.1. The summed E-state index contributed by atoms with van der Waals surface area (Å²) < 4.78 is 25.6. The van der Waals surface area contributed by atoms with Gasteiger partial charge >= 0.3 is 0 Å². The number of rotatable bonds is 7. The second-order valence-corrected chi connectivity index (χ2v) is 6.15. The van der Waals surface area contributed by atoms with E-state index >= 15 is 0 Å². The highest BCUT2D eigenvalue weighted by atomic mass is 32.2. The van der Waals surface area contributed by atoms with Gasteiger partial charge in [-0.25, -0.2) is 8.42 Å². The molecule has 1 rings (SSSR count). The molecule has 1 aromatic carbocycles. The summed E-state index contributed by atoms with van der Waals surface area (Å²) in [5, 5.41) is 17.8. The summed E-state index contributed by atoms with van der Waals surface area (Å²) >= 11 is 0. The highest BCUT2D eigenvalue weighted by Gasteiger charge is 2.23. The molecule has 19 heavy (non-hydrogen) atoms. The lowest BCUT2D eigenvalue weighted by atomic mass is 10.1. The van der Waals surface area contributed by atoms with Gasteiger partial charge in [-0.3, -0.25) is 0 Å². The van der Waals surface area contributed by atoms with Crippen molar-refractivity contribution >= 4 is 10.0 Å². The summed E-state index contributed by atoms with van der Waals surface area (Å²) in [6, 6.07) is 6.12. The maximum atomic E-state index is 12.3. The van der Waals surface area contributed by atoms with E-state index in [1.54, 1.807) is 12.1 Å². The third-order valence-corrected chi connectivity index (χ3v) is 4.66. The van der Waals surface area contributed by atoms with Crippen LogP contribution in [0.4, 0.5) is 0 Å². The zero-order chi connectivity index (χ0) is 14.5. The Labute approximate surface area is 113 Å². The van der Waals surface area contributed by atoms with Gasteiger partial charge in [0.05, 0.1) is 18.1 Å². The van der Waals surface area contributed by atoms with Crippen LogP contribution in [0.25, 0.3) is 0 Å². The molecule has 1 aromatic rings. The number of nitrogens with two attached hydrogens (primary N) is 1. The number of aliphatic hydroxyl groups is 2. The molecule has 0 fully saturated rings. The molecule has 0 aliphatic carbocycles. The van der Waals surface area contributed by atoms with E-state index in [2.05, 4.69) is 0 Å². The van der Waals surface area contributed by atoms with Crippen molar-refractivity contribution in [1.82, 2.24) is 4.31 Å². The van der Waals surface area contributed by atoms with Crippen molar-refractivity contribution in [3.05, 3.63) is 29.8 Å². The molecule has 108 valence electrons. The van der Waals surface area contributed by atoms with Gasteiger partial charge in [-0.1, -0.05) is 12.1 Å². The lowest BCUT2D eigenvalue weighted by molar-refractivity contribution is 0.217. The Kier molecular flexibility index (Phi) is 5.89. The lowest BCUT2D eigenvalue weighted by Gasteiger charge is -2.20. The zero-order valence-corrected chi connectivity index (χ0v) is 11.7. The molecule has 0 amide bonds. The van der Waals surface area contributed by atoms with Crippen molar-refractivity contribution in [2.75, 3.05) is 26.3 Å². The Hall–Kier alpha value is -0.990. The van der Waals surface area contributed by atoms with E-state index in [1.165, 1.54) is 12.1 Å². The number of aliphatic hydroxyl groups excluding tert-OH is 2. The Morgan fingerprint density at radius 2 is 1.63 bits per heavy atom. The van der Waals surface area contributed by atoms with Crippen LogP contribution in [0.1, 0.15) is 18.5 Å². The van der Waals surface area contributed by atoms with Gasteiger partial charge in [0, 0.05) is 19.1 Å². The lowest BCUT2D eigenvalue weighted by Crippen LogP contribution is -2.35. The monoisotopic (exact) mass is 288 g/mol. The van der Waals surface area contributed by atoms with Crippen molar-refractivity contribution in [2.24, 2.45) is 5.73 Å². The van der Waals surface area contributed by atoms with Gasteiger partial charge in [0.1, 0.15) is 0 Å². The molecular weight excluding hydrogens is 268 g/mol.